The number of hydrogen-bond acceptors (Lipinski definition) is 26. The van der Waals surface area contributed by atoms with Crippen LogP contribution in [0.5, 0.6) is 0 Å². The van der Waals surface area contributed by atoms with Gasteiger partial charge in [0.25, 0.3) is 0 Å². The molecule has 0 radical (unpaired) electrons. The van der Waals surface area contributed by atoms with Crippen molar-refractivity contribution in [1.29, 1.82) is 0 Å². The quantitative estimate of drug-likeness (QED) is 0.0640. The summed E-state index contributed by atoms with van der Waals surface area (Å²) in [6.45, 7) is 44.6. The number of rotatable bonds is 16. The van der Waals surface area contributed by atoms with Gasteiger partial charge in [0.1, 0.15) is 48.1 Å². The van der Waals surface area contributed by atoms with Gasteiger partial charge in [-0.15, -0.1) is 48.5 Å². The molecule has 0 amide bonds. The van der Waals surface area contributed by atoms with Gasteiger partial charge in [-0.2, -0.15) is 26.3 Å². The topological polar surface area (TPSA) is 375 Å². The van der Waals surface area contributed by atoms with E-state index in [1.54, 1.807) is 94.3 Å². The molecule has 0 spiro atoms. The van der Waals surface area contributed by atoms with E-state index in [-0.39, 0.29) is 118 Å². The SMILES string of the molecule is CC(C)(C)c1c[c-]n(-c2cncc(C(C)(C)c3cncc(-n4[c-]cc(C(C)(C)C)n4)n3)n2)n1.CC(C)(C)c1c[c-]n(-c2ncnc(C(C)(C)c3ncnc(-n4[c-]cc(C(C)(C)C)n4)n3)n2)n1.CC(C)(c1ccnc(-n2[c-]cc(C(F)(F)F)n2)n1)c1ccnc(-n2[c-]cc(C(F)(F)F)n2)n1.Cc1c[c-]n(-c2cncc(C(C)(C)c3cncc(-n4[c-]cc(C)n4)n3)n2)n1.[Pt+2].[Pt+2].[Pt+2].[Pt+2]. The summed E-state index contributed by atoms with van der Waals surface area (Å²) in [6, 6.07) is 15.5. The smallest absolute Gasteiger partial charge is 0.342 e. The number of nitrogens with zero attached hydrogens (tertiary/aromatic N) is 34. The molecule has 0 aliphatic rings. The minimum Gasteiger partial charge on any atom is -0.342 e. The Hall–Kier alpha value is -11.5. The van der Waals surface area contributed by atoms with E-state index in [0.717, 1.165) is 66.3 Å². The van der Waals surface area contributed by atoms with E-state index in [4.69, 9.17) is 19.9 Å². The van der Waals surface area contributed by atoms with Gasteiger partial charge in [0.05, 0.1) is 62.9 Å². The molecule has 0 aliphatic carbocycles. The third-order valence-corrected chi connectivity index (χ3v) is 19.6. The van der Waals surface area contributed by atoms with E-state index in [9.17, 15) is 26.3 Å². The van der Waals surface area contributed by atoms with Crippen LogP contribution in [-0.4, -0.2) is 168 Å². The minimum absolute atomic E-state index is 0. The summed E-state index contributed by atoms with van der Waals surface area (Å²) in [5, 5.41) is 33.9. The standard InChI is InChI=1S/C25H30N8.C23H28N10.C19H12F6N8.C19H18N8.4Pt/c1-23(2,3)17-9-11-32(30-17)21-15-26-13-19(28-21)25(7,8)20-14-27-16-22(29-20)33-12-10-18(31-33)24(4,5)6;1-21(2,3)15-9-11-32(30-15)19-26-13-24-17(28-19)23(7,8)18-25-14-27-20(29-18)33-12-10-16(31-33)22(4,5)6;1-17(2,11-3-7-26-15(28-11)32-9-5-13(30-32)18(20,21)22)12-4-8-27-16(29-12)33-10-6-14(31-33)19(23,24)25;1-13-5-7-26(24-13)17-11-20-9-15(22-17)19(3,4)16-10-21-12-18(23-16)27-8-6-14(2)25-27;;;;/h9-10,13-16H,1-8H3;9-10,13-14H,1-8H3;3-8H,1-2H3;5-6,9-12H,1-4H3;;;;/q4*-2;4*+2. The molecule has 34 nitrogen and oxygen atoms in total. The van der Waals surface area contributed by atoms with Gasteiger partial charge in [-0.3, -0.25) is 121 Å². The van der Waals surface area contributed by atoms with Crippen LogP contribution in [-0.2, 0) is 140 Å². The molecule has 0 aromatic carbocycles. The van der Waals surface area contributed by atoms with Gasteiger partial charge in [0.2, 0.25) is 0 Å². The van der Waals surface area contributed by atoms with Crippen LogP contribution >= 0.6 is 0 Å². The number of alkyl halides is 6. The zero-order valence-corrected chi connectivity index (χ0v) is 83.5. The summed E-state index contributed by atoms with van der Waals surface area (Å²) in [5.74, 6) is 3.90. The van der Waals surface area contributed by atoms with Crippen LogP contribution in [0.15, 0.2) is 135 Å². The van der Waals surface area contributed by atoms with Crippen molar-refractivity contribution in [2.45, 2.75) is 208 Å². The van der Waals surface area contributed by atoms with Crippen LogP contribution < -0.4 is 0 Å². The van der Waals surface area contributed by atoms with E-state index < -0.39 is 45.4 Å². The van der Waals surface area contributed by atoms with E-state index in [1.807, 2.05) is 65.8 Å². The molecule has 44 heteroatoms. The first-order valence-electron chi connectivity index (χ1n) is 39.3. The normalized spacial score (nSPS) is 12.2. The van der Waals surface area contributed by atoms with Crippen LogP contribution in [0.2, 0.25) is 0 Å². The summed E-state index contributed by atoms with van der Waals surface area (Å²) in [7, 11) is 0. The van der Waals surface area contributed by atoms with Crippen molar-refractivity contribution in [2.24, 2.45) is 0 Å². The third kappa shape index (κ3) is 23.6. The molecule has 16 aromatic heterocycles. The van der Waals surface area contributed by atoms with Gasteiger partial charge < -0.3 is 37.5 Å². The van der Waals surface area contributed by atoms with Gasteiger partial charge in [0.15, 0.2) is 0 Å². The van der Waals surface area contributed by atoms with E-state index in [0.29, 0.717) is 70.3 Å². The van der Waals surface area contributed by atoms with Crippen LogP contribution in [0.25, 0.3) is 47.1 Å². The first-order valence-corrected chi connectivity index (χ1v) is 39.3. The Bertz CT molecular complexity index is 5650. The molecule has 0 unspecified atom stereocenters. The van der Waals surface area contributed by atoms with E-state index in [1.165, 1.54) is 46.5 Å². The summed E-state index contributed by atoms with van der Waals surface area (Å²) >= 11 is 0. The van der Waals surface area contributed by atoms with Crippen molar-refractivity contribution < 1.29 is 111 Å². The summed E-state index contributed by atoms with van der Waals surface area (Å²) in [5.41, 5.74) is 3.77. The van der Waals surface area contributed by atoms with Crippen molar-refractivity contribution in [2.75, 3.05) is 0 Å². The Balaban J connectivity index is 0.000000194. The molecule has 0 atom stereocenters. The fourth-order valence-corrected chi connectivity index (χ4v) is 11.6. The molecule has 0 saturated carbocycles. The number of halogens is 6. The molecular weight excluding hydrogens is 2400 g/mol. The second kappa shape index (κ2) is 39.7. The monoisotopic (exact) mass is 2490 g/mol. The molecule has 684 valence electrons. The average Bonchev–Trinajstić information content (AvgIpc) is 1.60. The molecule has 0 saturated heterocycles. The fraction of sp³-hybridized carbons (Fsp3) is 0.372. The molecule has 0 aliphatic heterocycles. The number of aryl methyl sites for hydroxylation is 2. The maximum Gasteiger partial charge on any atom is 2.00 e. The first-order chi connectivity index (χ1) is 59.0. The fourth-order valence-electron chi connectivity index (χ4n) is 11.6. The molecular formula is C86H88F6N34Pt4. The molecule has 0 fully saturated rings. The zero-order valence-electron chi connectivity index (χ0n) is 74.4. The largest absolute Gasteiger partial charge is 2.00 e. The molecule has 16 heterocycles. The van der Waals surface area contributed by atoms with Gasteiger partial charge >= 0.3 is 96.6 Å². The second-order valence-electron chi connectivity index (χ2n) is 35.3. The first kappa shape index (κ1) is 102. The van der Waals surface area contributed by atoms with Crippen LogP contribution in [0, 0.1) is 63.4 Å². The molecule has 16 aromatic rings. The Morgan fingerprint density at radius 1 is 0.238 bits per heavy atom. The number of aromatic nitrogens is 34. The van der Waals surface area contributed by atoms with Crippen LogP contribution in [0.4, 0.5) is 26.3 Å². The summed E-state index contributed by atoms with van der Waals surface area (Å²) < 4.78 is 88.0. The predicted molar refractivity (Wildman–Crippen MR) is 442 cm³/mol. The molecule has 0 bridgehead atoms. The molecule has 0 N–H and O–H groups in total. The van der Waals surface area contributed by atoms with Gasteiger partial charge in [0, 0.05) is 89.6 Å². The van der Waals surface area contributed by atoms with Gasteiger partial charge in [-0.1, -0.05) is 147 Å². The van der Waals surface area contributed by atoms with Gasteiger partial charge in [-0.25, -0.2) is 9.97 Å². The van der Waals surface area contributed by atoms with Crippen molar-refractivity contribution in [1.82, 2.24) is 168 Å². The maximum atomic E-state index is 12.8. The second-order valence-corrected chi connectivity index (χ2v) is 35.3. The average molecular weight is 2490 g/mol. The molecule has 16 rings (SSSR count). The molecule has 130 heavy (non-hydrogen) atoms. The van der Waals surface area contributed by atoms with E-state index >= 15 is 0 Å². The van der Waals surface area contributed by atoms with Crippen LogP contribution in [0.3, 0.4) is 0 Å². The number of hydrogen-bond donors (Lipinski definition) is 0. The van der Waals surface area contributed by atoms with Crippen molar-refractivity contribution >= 4 is 0 Å². The van der Waals surface area contributed by atoms with Crippen molar-refractivity contribution in [3.05, 3.63) is 276 Å². The van der Waals surface area contributed by atoms with Crippen LogP contribution in [0.1, 0.15) is 230 Å². The third-order valence-electron chi connectivity index (χ3n) is 19.6. The predicted octanol–water partition coefficient (Wildman–Crippen LogP) is 12.9. The minimum atomic E-state index is -4.65. The Morgan fingerprint density at radius 3 is 0.731 bits per heavy atom. The summed E-state index contributed by atoms with van der Waals surface area (Å²) in [4.78, 5) is 79.7. The Kier molecular flexibility index (Phi) is 31.2. The Morgan fingerprint density at radius 2 is 0.477 bits per heavy atom. The summed E-state index contributed by atoms with van der Waals surface area (Å²) in [6.07, 6.45) is 33.1. The van der Waals surface area contributed by atoms with E-state index in [2.05, 4.69) is 257 Å². The van der Waals surface area contributed by atoms with Crippen molar-refractivity contribution in [3.8, 4) is 47.1 Å². The zero-order chi connectivity index (χ0) is 91.1. The van der Waals surface area contributed by atoms with Crippen molar-refractivity contribution in [3.63, 3.8) is 0 Å². The van der Waals surface area contributed by atoms with Gasteiger partial charge in [-0.05, 0) is 123 Å². The maximum absolute atomic E-state index is 12.8. The Labute approximate surface area is 803 Å².